The van der Waals surface area contributed by atoms with Crippen LogP contribution in [0, 0.1) is 23.0 Å². The summed E-state index contributed by atoms with van der Waals surface area (Å²) in [6.07, 6.45) is 2.16. The number of carboxylic acid groups (broad SMARTS) is 1. The smallest absolute Gasteiger partial charge is 0.335 e. The number of hydrogen-bond donors (Lipinski definition) is 1. The van der Waals surface area contributed by atoms with E-state index in [-0.39, 0.29) is 30.7 Å². The molecule has 3 aromatic rings. The highest BCUT2D eigenvalue weighted by molar-refractivity contribution is 5.89. The molecule has 0 spiro atoms. The lowest BCUT2D eigenvalue weighted by atomic mass is 9.99. The first-order valence-corrected chi connectivity index (χ1v) is 9.26. The van der Waals surface area contributed by atoms with E-state index in [1.165, 1.54) is 41.6 Å². The number of halogens is 2. The van der Waals surface area contributed by atoms with E-state index in [0.717, 1.165) is 12.1 Å². The summed E-state index contributed by atoms with van der Waals surface area (Å²) < 4.78 is 41.5. The van der Waals surface area contributed by atoms with Crippen molar-refractivity contribution in [3.05, 3.63) is 82.9 Å². The number of carbonyl (C=O) groups is 1. The summed E-state index contributed by atoms with van der Waals surface area (Å²) >= 11 is 0. The first kappa shape index (κ1) is 20.6. The molecule has 1 saturated heterocycles. The zero-order chi connectivity index (χ0) is 22.0. The Morgan fingerprint density at radius 3 is 2.84 bits per heavy atom. The Morgan fingerprint density at radius 2 is 2.16 bits per heavy atom. The Balaban J connectivity index is 1.67. The topological polar surface area (TPSA) is 110 Å². The molecule has 1 N–H and O–H groups in total. The average molecular weight is 426 g/mol. The van der Waals surface area contributed by atoms with Gasteiger partial charge in [0.1, 0.15) is 30.8 Å². The highest BCUT2D eigenvalue weighted by Crippen LogP contribution is 2.38. The van der Waals surface area contributed by atoms with E-state index >= 15 is 0 Å². The van der Waals surface area contributed by atoms with E-state index in [2.05, 4.69) is 10.1 Å². The first-order chi connectivity index (χ1) is 14.9. The molecule has 1 aliphatic rings. The third-order valence-electron chi connectivity index (χ3n) is 4.95. The number of nitrogens with zero attached hydrogens (tertiary/aromatic N) is 4. The average Bonchev–Trinajstić information content (AvgIpc) is 3.38. The number of ether oxygens (including phenoxy) is 2. The number of hydrogen-bond acceptors (Lipinski definition) is 6. The van der Waals surface area contributed by atoms with Gasteiger partial charge in [-0.05, 0) is 35.9 Å². The Morgan fingerprint density at radius 1 is 1.32 bits per heavy atom. The summed E-state index contributed by atoms with van der Waals surface area (Å²) in [4.78, 5) is 15.4. The van der Waals surface area contributed by atoms with Gasteiger partial charge in [-0.15, -0.1) is 0 Å². The lowest BCUT2D eigenvalue weighted by Crippen LogP contribution is -2.35. The molecule has 1 aromatic heterocycles. The van der Waals surface area contributed by atoms with E-state index in [1.54, 1.807) is 0 Å². The lowest BCUT2D eigenvalue weighted by Gasteiger charge is -2.28. The second-order valence-electron chi connectivity index (χ2n) is 7.01. The third kappa shape index (κ3) is 4.14. The van der Waals surface area contributed by atoms with Crippen molar-refractivity contribution in [2.45, 2.75) is 24.9 Å². The molecule has 31 heavy (non-hydrogen) atoms. The van der Waals surface area contributed by atoms with Crippen molar-refractivity contribution in [1.29, 1.82) is 5.26 Å². The number of rotatable bonds is 6. The van der Waals surface area contributed by atoms with Crippen LogP contribution >= 0.6 is 0 Å². The van der Waals surface area contributed by atoms with Gasteiger partial charge in [0, 0.05) is 18.1 Å². The fraction of sp³-hybridized carbons (Fsp3) is 0.238. The minimum atomic E-state index is -1.62. The predicted octanol–water partition coefficient (Wildman–Crippen LogP) is 2.64. The SMILES string of the molecule is N#Cc1ccc(C(=O)O)c(CC2COC(Cn3cncn3)(c3ccc(F)cc3F)O2)c1. The molecule has 1 fully saturated rings. The van der Waals surface area contributed by atoms with Crippen LogP contribution in [-0.4, -0.2) is 38.6 Å². The zero-order valence-electron chi connectivity index (χ0n) is 16.0. The standard InChI is InChI=1S/C21H16F2N4O4/c22-15-2-4-18(19(23)7-15)21(10-27-12-25-11-26-27)30-9-16(31-21)6-14-5-13(8-24)1-3-17(14)20(28)29/h1-5,7,11-12,16H,6,9-10H2,(H,28,29). The van der Waals surface area contributed by atoms with Gasteiger partial charge in [-0.3, -0.25) is 0 Å². The molecule has 0 bridgehead atoms. The largest absolute Gasteiger partial charge is 0.478 e. The predicted molar refractivity (Wildman–Crippen MR) is 101 cm³/mol. The van der Waals surface area contributed by atoms with Crippen molar-refractivity contribution in [3.63, 3.8) is 0 Å². The number of nitriles is 1. The van der Waals surface area contributed by atoms with Gasteiger partial charge in [-0.25, -0.2) is 23.2 Å². The second kappa shape index (κ2) is 8.22. The molecular formula is C21H16F2N4O4. The van der Waals surface area contributed by atoms with Crippen molar-refractivity contribution >= 4 is 5.97 Å². The maximum Gasteiger partial charge on any atom is 0.335 e. The van der Waals surface area contributed by atoms with Crippen molar-refractivity contribution in [2.75, 3.05) is 6.61 Å². The second-order valence-corrected chi connectivity index (χ2v) is 7.01. The van der Waals surface area contributed by atoms with Crippen LogP contribution < -0.4 is 0 Å². The van der Waals surface area contributed by atoms with Crippen molar-refractivity contribution in [2.24, 2.45) is 0 Å². The molecule has 0 aliphatic carbocycles. The van der Waals surface area contributed by atoms with Gasteiger partial charge in [0.25, 0.3) is 0 Å². The van der Waals surface area contributed by atoms with Gasteiger partial charge in [-0.2, -0.15) is 10.4 Å². The zero-order valence-corrected chi connectivity index (χ0v) is 16.0. The van der Waals surface area contributed by atoms with Crippen LogP contribution in [0.3, 0.4) is 0 Å². The van der Waals surface area contributed by atoms with Crippen molar-refractivity contribution in [3.8, 4) is 6.07 Å². The Labute approximate surface area is 175 Å². The normalized spacial score (nSPS) is 20.5. The van der Waals surface area contributed by atoms with Crippen molar-refractivity contribution in [1.82, 2.24) is 14.8 Å². The van der Waals surface area contributed by atoms with Crippen molar-refractivity contribution < 1.29 is 28.2 Å². The number of aromatic carboxylic acids is 1. The van der Waals surface area contributed by atoms with E-state index in [9.17, 15) is 18.7 Å². The van der Waals surface area contributed by atoms with E-state index in [0.29, 0.717) is 11.1 Å². The molecule has 2 heterocycles. The molecule has 2 aromatic carbocycles. The van der Waals surface area contributed by atoms with E-state index in [1.807, 2.05) is 6.07 Å². The molecule has 1 aliphatic heterocycles. The van der Waals surface area contributed by atoms with Gasteiger partial charge in [0.2, 0.25) is 5.79 Å². The van der Waals surface area contributed by atoms with Crippen LogP contribution in [-0.2, 0) is 28.2 Å². The van der Waals surface area contributed by atoms with Gasteiger partial charge >= 0.3 is 5.97 Å². The molecule has 158 valence electrons. The molecule has 2 atom stereocenters. The fourth-order valence-corrected chi connectivity index (χ4v) is 3.59. The monoisotopic (exact) mass is 426 g/mol. The number of benzene rings is 2. The lowest BCUT2D eigenvalue weighted by molar-refractivity contribution is -0.190. The quantitative estimate of drug-likeness (QED) is 0.645. The van der Waals surface area contributed by atoms with Crippen LogP contribution in [0.2, 0.25) is 0 Å². The summed E-state index contributed by atoms with van der Waals surface area (Å²) in [7, 11) is 0. The Hall–Kier alpha value is -3.68. The van der Waals surface area contributed by atoms with E-state index in [4.69, 9.17) is 14.7 Å². The van der Waals surface area contributed by atoms with Gasteiger partial charge in [-0.1, -0.05) is 0 Å². The van der Waals surface area contributed by atoms with Crippen LogP contribution in [0.4, 0.5) is 8.78 Å². The highest BCUT2D eigenvalue weighted by atomic mass is 19.1. The molecule has 0 amide bonds. The summed E-state index contributed by atoms with van der Waals surface area (Å²) in [5, 5.41) is 22.6. The molecular weight excluding hydrogens is 410 g/mol. The Bertz CT molecular complexity index is 1160. The minimum absolute atomic E-state index is 0.0152. The number of aromatic nitrogens is 3. The van der Waals surface area contributed by atoms with Gasteiger partial charge in [0.05, 0.1) is 29.9 Å². The molecule has 2 unspecified atom stereocenters. The Kier molecular flexibility index (Phi) is 5.46. The van der Waals surface area contributed by atoms with Gasteiger partial charge in [0.15, 0.2) is 0 Å². The molecule has 0 radical (unpaired) electrons. The summed E-state index contributed by atoms with van der Waals surface area (Å²) in [6.45, 7) is -0.0442. The minimum Gasteiger partial charge on any atom is -0.478 e. The third-order valence-corrected chi connectivity index (χ3v) is 4.95. The fourth-order valence-electron chi connectivity index (χ4n) is 3.59. The van der Waals surface area contributed by atoms with Gasteiger partial charge < -0.3 is 14.6 Å². The van der Waals surface area contributed by atoms with Crippen LogP contribution in [0.1, 0.15) is 27.0 Å². The highest BCUT2D eigenvalue weighted by Gasteiger charge is 2.46. The molecule has 0 saturated carbocycles. The maximum atomic E-state index is 14.6. The molecule has 10 heteroatoms. The summed E-state index contributed by atoms with van der Waals surface area (Å²) in [5.74, 6) is -4.35. The molecule has 8 nitrogen and oxygen atoms in total. The van der Waals surface area contributed by atoms with Crippen LogP contribution in [0.25, 0.3) is 0 Å². The molecule has 4 rings (SSSR count). The van der Waals surface area contributed by atoms with E-state index < -0.39 is 29.5 Å². The maximum absolute atomic E-state index is 14.6. The van der Waals surface area contributed by atoms with Crippen LogP contribution in [0.15, 0.2) is 49.1 Å². The summed E-state index contributed by atoms with van der Waals surface area (Å²) in [6, 6.07) is 9.29. The first-order valence-electron chi connectivity index (χ1n) is 9.26. The summed E-state index contributed by atoms with van der Waals surface area (Å²) in [5.41, 5.74) is 0.703. The van der Waals surface area contributed by atoms with Crippen LogP contribution in [0.5, 0.6) is 0 Å². The number of carboxylic acids is 1.